The van der Waals surface area contributed by atoms with Crippen LogP contribution in [0.1, 0.15) is 32.6 Å². The molecule has 0 aromatic carbocycles. The van der Waals surface area contributed by atoms with Crippen molar-refractivity contribution in [3.63, 3.8) is 0 Å². The van der Waals surface area contributed by atoms with E-state index in [9.17, 15) is 4.79 Å². The highest BCUT2D eigenvalue weighted by Gasteiger charge is 2.40. The normalized spacial score (nSPS) is 22.5. The molecule has 3 aliphatic rings. The number of nitrogens with one attached hydrogen (secondary N) is 1. The second-order valence-electron chi connectivity index (χ2n) is 7.46. The molecule has 9 heteroatoms. The molecule has 4 heterocycles. The Hall–Kier alpha value is -2.13. The molecule has 0 saturated carbocycles. The summed E-state index contributed by atoms with van der Waals surface area (Å²) in [5, 5.41) is 3.49. The van der Waals surface area contributed by atoms with Crippen LogP contribution in [0, 0.1) is 0 Å². The molecule has 0 atom stereocenters. The minimum atomic E-state index is -0.377. The number of piperidine rings is 2. The number of ether oxygens (including phenoxy) is 3. The van der Waals surface area contributed by atoms with Crippen LogP contribution < -0.4 is 10.2 Å². The largest absolute Gasteiger partial charge is 0.450 e. The van der Waals surface area contributed by atoms with Crippen molar-refractivity contribution in [1.29, 1.82) is 0 Å². The number of anilines is 2. The lowest BCUT2D eigenvalue weighted by molar-refractivity contribution is -0.169. The zero-order valence-electron chi connectivity index (χ0n) is 16.4. The van der Waals surface area contributed by atoms with Crippen molar-refractivity contribution in [3.8, 4) is 0 Å². The molecule has 1 spiro atoms. The first-order chi connectivity index (χ1) is 13.7. The van der Waals surface area contributed by atoms with Gasteiger partial charge in [-0.15, -0.1) is 0 Å². The van der Waals surface area contributed by atoms with Crippen molar-refractivity contribution in [3.05, 3.63) is 12.4 Å². The predicted molar refractivity (Wildman–Crippen MR) is 103 cm³/mol. The van der Waals surface area contributed by atoms with Crippen LogP contribution in [-0.4, -0.2) is 78.8 Å². The van der Waals surface area contributed by atoms with E-state index in [-0.39, 0.29) is 11.9 Å². The van der Waals surface area contributed by atoms with Crippen LogP contribution in [0.4, 0.5) is 16.4 Å². The molecule has 1 aromatic rings. The first kappa shape index (κ1) is 19.2. The fourth-order valence-electron chi connectivity index (χ4n) is 4.09. The van der Waals surface area contributed by atoms with Crippen molar-refractivity contribution in [2.24, 2.45) is 0 Å². The van der Waals surface area contributed by atoms with E-state index in [1.165, 1.54) is 0 Å². The maximum atomic E-state index is 11.8. The van der Waals surface area contributed by atoms with E-state index in [1.807, 2.05) is 13.0 Å². The van der Waals surface area contributed by atoms with E-state index in [0.717, 1.165) is 50.4 Å². The highest BCUT2D eigenvalue weighted by atomic mass is 16.7. The molecule has 0 aliphatic carbocycles. The quantitative estimate of drug-likeness (QED) is 0.832. The molecule has 4 rings (SSSR count). The van der Waals surface area contributed by atoms with E-state index < -0.39 is 0 Å². The SMILES string of the molecule is CCOC(=O)N1CCC(Nc2cc(N3CCC4(CC3)OCCO4)ncn2)CC1. The highest BCUT2D eigenvalue weighted by molar-refractivity contribution is 5.67. The molecule has 1 amide bonds. The standard InChI is InChI=1S/C19H29N5O4/c1-2-26-18(25)24-7-3-15(4-8-24)22-16-13-17(21-14-20-16)23-9-5-19(6-10-23)27-11-12-28-19/h13-15H,2-12H2,1H3,(H,20,21,22). The Bertz CT molecular complexity index is 664. The van der Waals surface area contributed by atoms with E-state index in [0.29, 0.717) is 39.0 Å². The third kappa shape index (κ3) is 4.30. The fraction of sp³-hybridized carbons (Fsp3) is 0.737. The van der Waals surface area contributed by atoms with Gasteiger partial charge in [-0.3, -0.25) is 0 Å². The third-order valence-corrected chi connectivity index (χ3v) is 5.69. The molecule has 0 unspecified atom stereocenters. The minimum Gasteiger partial charge on any atom is -0.450 e. The molecular formula is C19H29N5O4. The zero-order valence-corrected chi connectivity index (χ0v) is 16.4. The number of aromatic nitrogens is 2. The number of carbonyl (C=O) groups excluding carboxylic acids is 1. The molecule has 3 saturated heterocycles. The van der Waals surface area contributed by atoms with E-state index in [1.54, 1.807) is 11.2 Å². The van der Waals surface area contributed by atoms with Gasteiger partial charge in [-0.25, -0.2) is 14.8 Å². The summed E-state index contributed by atoms with van der Waals surface area (Å²) in [6.07, 6.45) is 4.85. The maximum Gasteiger partial charge on any atom is 0.409 e. The molecule has 3 aliphatic heterocycles. The number of hydrogen-bond donors (Lipinski definition) is 1. The minimum absolute atomic E-state index is 0.219. The molecule has 9 nitrogen and oxygen atoms in total. The smallest absolute Gasteiger partial charge is 0.409 e. The molecule has 1 aromatic heterocycles. The highest BCUT2D eigenvalue weighted by Crippen LogP contribution is 2.33. The molecular weight excluding hydrogens is 362 g/mol. The molecule has 0 bridgehead atoms. The van der Waals surface area contributed by atoms with Gasteiger partial charge in [-0.1, -0.05) is 0 Å². The Balaban J connectivity index is 1.29. The lowest BCUT2D eigenvalue weighted by Crippen LogP contribution is -2.45. The van der Waals surface area contributed by atoms with Gasteiger partial charge in [0, 0.05) is 51.1 Å². The Labute approximate surface area is 165 Å². The van der Waals surface area contributed by atoms with Gasteiger partial charge in [-0.2, -0.15) is 0 Å². The van der Waals surface area contributed by atoms with Gasteiger partial charge in [0.1, 0.15) is 18.0 Å². The average Bonchev–Trinajstić information content (AvgIpc) is 3.17. The molecule has 154 valence electrons. The molecule has 28 heavy (non-hydrogen) atoms. The summed E-state index contributed by atoms with van der Waals surface area (Å²) in [4.78, 5) is 24.7. The maximum absolute atomic E-state index is 11.8. The van der Waals surface area contributed by atoms with Crippen molar-refractivity contribution in [1.82, 2.24) is 14.9 Å². The third-order valence-electron chi connectivity index (χ3n) is 5.69. The number of carbonyl (C=O) groups is 1. The van der Waals surface area contributed by atoms with Crippen LogP contribution in [0.15, 0.2) is 12.4 Å². The first-order valence-electron chi connectivity index (χ1n) is 10.2. The summed E-state index contributed by atoms with van der Waals surface area (Å²) in [6, 6.07) is 2.30. The number of nitrogens with zero attached hydrogens (tertiary/aromatic N) is 4. The number of amides is 1. The summed E-state index contributed by atoms with van der Waals surface area (Å²) in [5.74, 6) is 1.37. The van der Waals surface area contributed by atoms with Gasteiger partial charge in [0.2, 0.25) is 0 Å². The Morgan fingerprint density at radius 3 is 2.61 bits per heavy atom. The predicted octanol–water partition coefficient (Wildman–Crippen LogP) is 1.85. The monoisotopic (exact) mass is 391 g/mol. The molecule has 1 N–H and O–H groups in total. The van der Waals surface area contributed by atoms with Gasteiger partial charge in [0.25, 0.3) is 0 Å². The van der Waals surface area contributed by atoms with Crippen molar-refractivity contribution in [2.75, 3.05) is 56.2 Å². The lowest BCUT2D eigenvalue weighted by Gasteiger charge is -2.38. The Morgan fingerprint density at radius 2 is 1.93 bits per heavy atom. The average molecular weight is 391 g/mol. The van der Waals surface area contributed by atoms with Crippen LogP contribution in [0.5, 0.6) is 0 Å². The van der Waals surface area contributed by atoms with Crippen LogP contribution in [0.25, 0.3) is 0 Å². The zero-order chi connectivity index (χ0) is 19.4. The Kier molecular flexibility index (Phi) is 5.82. The fourth-order valence-corrected chi connectivity index (χ4v) is 4.09. The van der Waals surface area contributed by atoms with E-state index in [2.05, 4.69) is 20.2 Å². The van der Waals surface area contributed by atoms with Crippen molar-refractivity contribution >= 4 is 17.7 Å². The van der Waals surface area contributed by atoms with Gasteiger partial charge in [0.15, 0.2) is 5.79 Å². The Morgan fingerprint density at radius 1 is 1.21 bits per heavy atom. The first-order valence-corrected chi connectivity index (χ1v) is 10.2. The van der Waals surface area contributed by atoms with Gasteiger partial charge in [-0.05, 0) is 19.8 Å². The van der Waals surface area contributed by atoms with Crippen LogP contribution in [0.3, 0.4) is 0 Å². The molecule has 3 fully saturated rings. The summed E-state index contributed by atoms with van der Waals surface area (Å²) in [7, 11) is 0. The summed E-state index contributed by atoms with van der Waals surface area (Å²) < 4.78 is 16.7. The lowest BCUT2D eigenvalue weighted by atomic mass is 10.0. The number of likely N-dealkylation sites (tertiary alicyclic amines) is 1. The van der Waals surface area contributed by atoms with Crippen LogP contribution in [0.2, 0.25) is 0 Å². The summed E-state index contributed by atoms with van der Waals surface area (Å²) in [6.45, 7) is 6.73. The second-order valence-corrected chi connectivity index (χ2v) is 7.46. The topological polar surface area (TPSA) is 89.1 Å². The van der Waals surface area contributed by atoms with Crippen molar-refractivity contribution in [2.45, 2.75) is 44.4 Å². The van der Waals surface area contributed by atoms with Gasteiger partial charge in [0.05, 0.1) is 19.8 Å². The van der Waals surface area contributed by atoms with Crippen molar-refractivity contribution < 1.29 is 19.0 Å². The number of rotatable bonds is 4. The number of hydrogen-bond acceptors (Lipinski definition) is 8. The molecule has 0 radical (unpaired) electrons. The van der Waals surface area contributed by atoms with Crippen LogP contribution >= 0.6 is 0 Å². The van der Waals surface area contributed by atoms with E-state index in [4.69, 9.17) is 14.2 Å². The van der Waals surface area contributed by atoms with Gasteiger partial charge >= 0.3 is 6.09 Å². The van der Waals surface area contributed by atoms with Gasteiger partial charge < -0.3 is 29.3 Å². The summed E-state index contributed by atoms with van der Waals surface area (Å²) in [5.41, 5.74) is 0. The van der Waals surface area contributed by atoms with E-state index >= 15 is 0 Å². The van der Waals surface area contributed by atoms with Crippen LogP contribution in [-0.2, 0) is 14.2 Å². The summed E-state index contributed by atoms with van der Waals surface area (Å²) >= 11 is 0. The second kappa shape index (κ2) is 8.48.